The Bertz CT molecular complexity index is 1020. The number of thiocarbonyl (C=S) groups is 1. The fourth-order valence-corrected chi connectivity index (χ4v) is 3.52. The van der Waals surface area contributed by atoms with Crippen LogP contribution in [0, 0.1) is 9.39 Å². The van der Waals surface area contributed by atoms with Gasteiger partial charge in [0.15, 0.2) is 5.11 Å². The first-order valence-electron chi connectivity index (χ1n) is 8.11. The highest BCUT2D eigenvalue weighted by Gasteiger charge is 2.35. The molecule has 1 aliphatic heterocycles. The molecule has 8 heteroatoms. The monoisotopic (exact) mass is 508 g/mol. The predicted octanol–water partition coefficient (Wildman–Crippen LogP) is 3.83. The molecule has 2 aromatic carbocycles. The van der Waals surface area contributed by atoms with Crippen LogP contribution in [0.2, 0.25) is 0 Å². The summed E-state index contributed by atoms with van der Waals surface area (Å²) in [5, 5.41) is 2.27. The molecule has 142 valence electrons. The first-order chi connectivity index (χ1) is 13.4. The molecule has 0 radical (unpaired) electrons. The number of hydrogen-bond acceptors (Lipinski definition) is 4. The first-order valence-corrected chi connectivity index (χ1v) is 9.60. The molecule has 0 atom stereocenters. The highest BCUT2D eigenvalue weighted by atomic mass is 127. The second kappa shape index (κ2) is 8.61. The minimum absolute atomic E-state index is 0.0221. The van der Waals surface area contributed by atoms with E-state index >= 15 is 0 Å². The summed E-state index contributed by atoms with van der Waals surface area (Å²) in [6, 6.07) is 10.9. The van der Waals surface area contributed by atoms with Crippen molar-refractivity contribution in [2.45, 2.75) is 0 Å². The summed E-state index contributed by atoms with van der Waals surface area (Å²) in [4.78, 5) is 26.2. The van der Waals surface area contributed by atoms with E-state index in [0.717, 1.165) is 8.47 Å². The topological polar surface area (TPSA) is 58.6 Å². The number of nitrogens with one attached hydrogen (secondary N) is 1. The van der Waals surface area contributed by atoms with Gasteiger partial charge >= 0.3 is 0 Å². The maximum absolute atomic E-state index is 14.2. The summed E-state index contributed by atoms with van der Waals surface area (Å²) in [6.07, 6.45) is 3.07. The largest absolute Gasteiger partial charge is 0.488 e. The number of halogens is 2. The van der Waals surface area contributed by atoms with Crippen molar-refractivity contribution in [2.75, 3.05) is 11.5 Å². The second-order valence-electron chi connectivity index (χ2n) is 5.70. The predicted molar refractivity (Wildman–Crippen MR) is 117 cm³/mol. The van der Waals surface area contributed by atoms with E-state index in [4.69, 9.17) is 17.0 Å². The van der Waals surface area contributed by atoms with Crippen molar-refractivity contribution in [1.29, 1.82) is 0 Å². The lowest BCUT2D eigenvalue weighted by molar-refractivity contribution is -0.122. The third-order valence-electron chi connectivity index (χ3n) is 3.82. The van der Waals surface area contributed by atoms with Crippen molar-refractivity contribution < 1.29 is 18.7 Å². The normalized spacial score (nSPS) is 15.6. The Hall–Kier alpha value is -2.59. The molecule has 1 aliphatic rings. The van der Waals surface area contributed by atoms with Gasteiger partial charge in [0, 0.05) is 0 Å². The smallest absolute Gasteiger partial charge is 0.270 e. The van der Waals surface area contributed by atoms with E-state index < -0.39 is 17.6 Å². The van der Waals surface area contributed by atoms with Crippen LogP contribution >= 0.6 is 34.8 Å². The molecular formula is C20H14FIN2O3S. The van der Waals surface area contributed by atoms with E-state index in [1.165, 1.54) is 24.3 Å². The van der Waals surface area contributed by atoms with Gasteiger partial charge in [-0.1, -0.05) is 30.9 Å². The van der Waals surface area contributed by atoms with Gasteiger partial charge in [-0.15, -0.1) is 0 Å². The van der Waals surface area contributed by atoms with E-state index in [2.05, 4.69) is 34.5 Å². The van der Waals surface area contributed by atoms with Crippen LogP contribution in [0.25, 0.3) is 6.08 Å². The zero-order chi connectivity index (χ0) is 20.3. The van der Waals surface area contributed by atoms with Gasteiger partial charge in [-0.05, 0) is 70.7 Å². The Morgan fingerprint density at radius 2 is 2.00 bits per heavy atom. The lowest BCUT2D eigenvalue weighted by Crippen LogP contribution is -2.54. The number of carbonyl (C=O) groups is 2. The average Bonchev–Trinajstić information content (AvgIpc) is 2.66. The fraction of sp³-hybridized carbons (Fsp3) is 0.0500. The SMILES string of the molecule is C=CCOc1ccc(/C=C2\C(=O)NC(=S)N(c3ccccc3F)C2=O)cc1I. The summed E-state index contributed by atoms with van der Waals surface area (Å²) >= 11 is 7.17. The molecule has 0 bridgehead atoms. The number of para-hydroxylation sites is 1. The van der Waals surface area contributed by atoms with Crippen LogP contribution in [0.3, 0.4) is 0 Å². The molecule has 28 heavy (non-hydrogen) atoms. The average molecular weight is 508 g/mol. The molecule has 1 heterocycles. The lowest BCUT2D eigenvalue weighted by Gasteiger charge is -2.29. The molecule has 0 unspecified atom stereocenters. The van der Waals surface area contributed by atoms with Gasteiger partial charge in [-0.2, -0.15) is 0 Å². The number of anilines is 1. The van der Waals surface area contributed by atoms with Gasteiger partial charge in [-0.25, -0.2) is 9.29 Å². The van der Waals surface area contributed by atoms with Crippen molar-refractivity contribution in [3.63, 3.8) is 0 Å². The van der Waals surface area contributed by atoms with Crippen LogP contribution in [-0.2, 0) is 9.59 Å². The molecular weight excluding hydrogens is 494 g/mol. The Balaban J connectivity index is 1.96. The van der Waals surface area contributed by atoms with Crippen LogP contribution in [0.15, 0.2) is 60.7 Å². The molecule has 2 aromatic rings. The van der Waals surface area contributed by atoms with Crippen LogP contribution in [0.1, 0.15) is 5.56 Å². The minimum atomic E-state index is -0.694. The third kappa shape index (κ3) is 4.12. The number of amides is 2. The molecule has 0 saturated carbocycles. The maximum atomic E-state index is 14.2. The number of carbonyl (C=O) groups excluding carboxylic acids is 2. The Labute approximate surface area is 180 Å². The van der Waals surface area contributed by atoms with E-state index in [1.807, 2.05) is 0 Å². The summed E-state index contributed by atoms with van der Waals surface area (Å²) in [7, 11) is 0. The highest BCUT2D eigenvalue weighted by molar-refractivity contribution is 14.1. The zero-order valence-corrected chi connectivity index (χ0v) is 17.4. The van der Waals surface area contributed by atoms with Crippen LogP contribution in [-0.4, -0.2) is 23.5 Å². The number of nitrogens with zero attached hydrogens (tertiary/aromatic N) is 1. The Morgan fingerprint density at radius 3 is 2.68 bits per heavy atom. The van der Waals surface area contributed by atoms with Crippen molar-refractivity contribution in [3.05, 3.63) is 75.6 Å². The quantitative estimate of drug-likeness (QED) is 0.220. The molecule has 2 amide bonds. The molecule has 0 spiro atoms. The number of rotatable bonds is 5. The molecule has 0 aromatic heterocycles. The van der Waals surface area contributed by atoms with Gasteiger partial charge in [0.1, 0.15) is 23.7 Å². The summed E-state index contributed by atoms with van der Waals surface area (Å²) in [5.41, 5.74) is 0.453. The Morgan fingerprint density at radius 1 is 1.25 bits per heavy atom. The van der Waals surface area contributed by atoms with Crippen LogP contribution in [0.4, 0.5) is 10.1 Å². The minimum Gasteiger partial charge on any atom is -0.488 e. The fourth-order valence-electron chi connectivity index (χ4n) is 2.55. The van der Waals surface area contributed by atoms with Crippen molar-refractivity contribution in [1.82, 2.24) is 5.32 Å². The molecule has 5 nitrogen and oxygen atoms in total. The number of benzene rings is 2. The molecule has 1 N–H and O–H groups in total. The van der Waals surface area contributed by atoms with Gasteiger partial charge in [0.2, 0.25) is 0 Å². The van der Waals surface area contributed by atoms with Crippen LogP contribution < -0.4 is 15.0 Å². The molecule has 1 fully saturated rings. The Kier molecular flexibility index (Phi) is 6.20. The van der Waals surface area contributed by atoms with E-state index in [0.29, 0.717) is 17.9 Å². The van der Waals surface area contributed by atoms with Gasteiger partial charge < -0.3 is 4.74 Å². The van der Waals surface area contributed by atoms with Gasteiger partial charge in [0.05, 0.1) is 9.26 Å². The lowest BCUT2D eigenvalue weighted by atomic mass is 10.1. The van der Waals surface area contributed by atoms with Crippen molar-refractivity contribution in [2.24, 2.45) is 0 Å². The van der Waals surface area contributed by atoms with Gasteiger partial charge in [0.25, 0.3) is 11.8 Å². The third-order valence-corrected chi connectivity index (χ3v) is 4.95. The summed E-state index contributed by atoms with van der Waals surface area (Å²) < 4.78 is 20.5. The molecule has 0 aliphatic carbocycles. The number of hydrogen-bond donors (Lipinski definition) is 1. The highest BCUT2D eigenvalue weighted by Crippen LogP contribution is 2.26. The molecule has 3 rings (SSSR count). The van der Waals surface area contributed by atoms with E-state index in [1.54, 1.807) is 30.3 Å². The molecule has 1 saturated heterocycles. The van der Waals surface area contributed by atoms with Crippen LogP contribution in [0.5, 0.6) is 5.75 Å². The maximum Gasteiger partial charge on any atom is 0.270 e. The summed E-state index contributed by atoms with van der Waals surface area (Å²) in [6.45, 7) is 3.97. The second-order valence-corrected chi connectivity index (χ2v) is 7.25. The summed E-state index contributed by atoms with van der Waals surface area (Å²) in [5.74, 6) is -1.28. The van der Waals surface area contributed by atoms with Crippen molar-refractivity contribution >= 4 is 63.5 Å². The zero-order valence-electron chi connectivity index (χ0n) is 14.4. The number of ether oxygens (including phenoxy) is 1. The van der Waals surface area contributed by atoms with E-state index in [-0.39, 0.29) is 16.4 Å². The van der Waals surface area contributed by atoms with E-state index in [9.17, 15) is 14.0 Å². The standard InChI is InChI=1S/C20H14FIN2O3S/c1-2-9-27-17-8-7-12(11-15(17)22)10-13-18(25)23-20(28)24(19(13)26)16-6-4-3-5-14(16)21/h2-8,10-11H,1,9H2,(H,23,25,28)/b13-10+. The first kappa shape index (κ1) is 20.2. The van der Waals surface area contributed by atoms with Crippen molar-refractivity contribution in [3.8, 4) is 5.75 Å². The van der Waals surface area contributed by atoms with Gasteiger partial charge in [-0.3, -0.25) is 14.9 Å².